The SMILES string of the molecule is NC(S)C=O. The lowest BCUT2D eigenvalue weighted by Crippen LogP contribution is -2.11. The fourth-order valence-electron chi connectivity index (χ4n) is 0. The lowest BCUT2D eigenvalue weighted by molar-refractivity contribution is -0.107. The third-order valence-electron chi connectivity index (χ3n) is 0.139. The van der Waals surface area contributed by atoms with Gasteiger partial charge < -0.3 is 10.5 Å². The van der Waals surface area contributed by atoms with Crippen molar-refractivity contribution in [3.05, 3.63) is 0 Å². The summed E-state index contributed by atoms with van der Waals surface area (Å²) >= 11 is 3.51. The summed E-state index contributed by atoms with van der Waals surface area (Å²) in [5.74, 6) is 0. The second-order valence-electron chi connectivity index (χ2n) is 0.627. The van der Waals surface area contributed by atoms with E-state index >= 15 is 0 Å². The van der Waals surface area contributed by atoms with Crippen LogP contribution in [0.4, 0.5) is 0 Å². The van der Waals surface area contributed by atoms with Gasteiger partial charge in [0, 0.05) is 0 Å². The topological polar surface area (TPSA) is 43.1 Å². The average Bonchev–Trinajstić information content (AvgIpc) is 1.38. The van der Waals surface area contributed by atoms with Crippen LogP contribution in [0.5, 0.6) is 0 Å². The van der Waals surface area contributed by atoms with Gasteiger partial charge in [-0.05, 0) is 0 Å². The number of carbonyl (C=O) groups excluding carboxylic acids is 1. The van der Waals surface area contributed by atoms with Gasteiger partial charge in [-0.25, -0.2) is 0 Å². The second-order valence-corrected chi connectivity index (χ2v) is 1.22. The van der Waals surface area contributed by atoms with Crippen LogP contribution < -0.4 is 5.73 Å². The molecule has 0 aromatic rings. The molecule has 5 heavy (non-hydrogen) atoms. The molecular weight excluding hydrogens is 86.1 g/mol. The highest BCUT2D eigenvalue weighted by Gasteiger charge is 1.80. The number of carbonyl (C=O) groups is 1. The predicted molar refractivity (Wildman–Crippen MR) is 23.0 cm³/mol. The van der Waals surface area contributed by atoms with Crippen molar-refractivity contribution in [2.24, 2.45) is 5.73 Å². The molecule has 0 aromatic heterocycles. The maximum atomic E-state index is 9.30. The van der Waals surface area contributed by atoms with Crippen molar-refractivity contribution in [3.63, 3.8) is 0 Å². The molecule has 0 bridgehead atoms. The summed E-state index contributed by atoms with van der Waals surface area (Å²) in [6, 6.07) is 0. The highest BCUT2D eigenvalue weighted by atomic mass is 32.1. The Labute approximate surface area is 35.8 Å². The van der Waals surface area contributed by atoms with Crippen LogP contribution in [0.1, 0.15) is 0 Å². The minimum atomic E-state index is -0.602. The van der Waals surface area contributed by atoms with Gasteiger partial charge in [-0.2, -0.15) is 12.6 Å². The first-order valence-electron chi connectivity index (χ1n) is 1.16. The summed E-state index contributed by atoms with van der Waals surface area (Å²) in [5.41, 5.74) is 4.79. The molecule has 0 saturated heterocycles. The van der Waals surface area contributed by atoms with E-state index < -0.39 is 5.37 Å². The fraction of sp³-hybridized carbons (Fsp3) is 0.500. The Morgan fingerprint density at radius 2 is 2.20 bits per heavy atom. The number of hydrogen-bond acceptors (Lipinski definition) is 3. The van der Waals surface area contributed by atoms with E-state index in [2.05, 4.69) is 12.6 Å². The third-order valence-corrected chi connectivity index (χ3v) is 0.261. The second kappa shape index (κ2) is 2.23. The van der Waals surface area contributed by atoms with Crippen LogP contribution >= 0.6 is 12.6 Å². The van der Waals surface area contributed by atoms with E-state index in [4.69, 9.17) is 5.73 Å². The first-order chi connectivity index (χ1) is 2.27. The Kier molecular flexibility index (Phi) is 2.22. The molecule has 3 heteroatoms. The van der Waals surface area contributed by atoms with Gasteiger partial charge >= 0.3 is 0 Å². The molecule has 1 unspecified atom stereocenters. The summed E-state index contributed by atoms with van der Waals surface area (Å²) in [6.45, 7) is 0. The molecule has 0 aliphatic carbocycles. The minimum Gasteiger partial charge on any atom is -0.314 e. The molecule has 2 N–H and O–H groups in total. The summed E-state index contributed by atoms with van der Waals surface area (Å²) in [7, 11) is 0. The molecule has 0 saturated carbocycles. The van der Waals surface area contributed by atoms with Crippen molar-refractivity contribution in [2.45, 2.75) is 5.37 Å². The van der Waals surface area contributed by atoms with E-state index in [1.807, 2.05) is 0 Å². The molecule has 0 aromatic carbocycles. The molecule has 0 aliphatic heterocycles. The van der Waals surface area contributed by atoms with Crippen LogP contribution in [0.15, 0.2) is 0 Å². The van der Waals surface area contributed by atoms with E-state index in [-0.39, 0.29) is 0 Å². The van der Waals surface area contributed by atoms with Gasteiger partial charge in [-0.15, -0.1) is 0 Å². The van der Waals surface area contributed by atoms with Crippen LogP contribution in [-0.2, 0) is 4.79 Å². The van der Waals surface area contributed by atoms with E-state index in [9.17, 15) is 4.79 Å². The zero-order valence-corrected chi connectivity index (χ0v) is 3.48. The first-order valence-corrected chi connectivity index (χ1v) is 1.68. The molecule has 1 atom stereocenters. The number of nitrogens with two attached hydrogens (primary N) is 1. The summed E-state index contributed by atoms with van der Waals surface area (Å²) in [6.07, 6.45) is 0.559. The van der Waals surface area contributed by atoms with Crippen molar-refractivity contribution < 1.29 is 4.79 Å². The van der Waals surface area contributed by atoms with E-state index in [0.717, 1.165) is 0 Å². The quantitative estimate of drug-likeness (QED) is 0.257. The summed E-state index contributed by atoms with van der Waals surface area (Å²) < 4.78 is 0. The largest absolute Gasteiger partial charge is 0.314 e. The zero-order valence-electron chi connectivity index (χ0n) is 2.59. The molecule has 0 heterocycles. The van der Waals surface area contributed by atoms with Crippen LogP contribution in [0.2, 0.25) is 0 Å². The zero-order chi connectivity index (χ0) is 4.28. The van der Waals surface area contributed by atoms with E-state index in [0.29, 0.717) is 6.29 Å². The Morgan fingerprint density at radius 1 is 2.00 bits per heavy atom. The number of rotatable bonds is 1. The summed E-state index contributed by atoms with van der Waals surface area (Å²) in [5, 5.41) is -0.602. The number of aldehydes is 1. The molecule has 30 valence electrons. The molecular formula is C2H5NOS. The van der Waals surface area contributed by atoms with Crippen molar-refractivity contribution >= 4 is 18.9 Å². The first kappa shape index (κ1) is 4.98. The highest BCUT2D eigenvalue weighted by Crippen LogP contribution is 1.70. The van der Waals surface area contributed by atoms with E-state index in [1.54, 1.807) is 0 Å². The molecule has 0 amide bonds. The third kappa shape index (κ3) is 3.98. The lowest BCUT2D eigenvalue weighted by Gasteiger charge is -1.80. The number of hydrogen-bond donors (Lipinski definition) is 2. The Hall–Kier alpha value is -0.0200. The van der Waals surface area contributed by atoms with Crippen molar-refractivity contribution in [3.8, 4) is 0 Å². The standard InChI is InChI=1S/C2H5NOS/c3-2(5)1-4/h1-2,5H,3H2. The van der Waals surface area contributed by atoms with Gasteiger partial charge in [-0.3, -0.25) is 0 Å². The minimum absolute atomic E-state index is 0.559. The highest BCUT2D eigenvalue weighted by molar-refractivity contribution is 7.81. The van der Waals surface area contributed by atoms with Gasteiger partial charge in [-0.1, -0.05) is 0 Å². The summed E-state index contributed by atoms with van der Waals surface area (Å²) in [4.78, 5) is 9.30. The Balaban J connectivity index is 2.83. The van der Waals surface area contributed by atoms with Crippen LogP contribution in [0.25, 0.3) is 0 Å². The Bertz CT molecular complexity index is 36.6. The monoisotopic (exact) mass is 91.0 g/mol. The van der Waals surface area contributed by atoms with Crippen LogP contribution in [0, 0.1) is 0 Å². The van der Waals surface area contributed by atoms with Gasteiger partial charge in [0.2, 0.25) is 0 Å². The normalized spacial score (nSPS) is 14.0. The molecule has 0 fully saturated rings. The van der Waals surface area contributed by atoms with Crippen LogP contribution in [-0.4, -0.2) is 11.7 Å². The average molecular weight is 91.1 g/mol. The van der Waals surface area contributed by atoms with Gasteiger partial charge in [0.25, 0.3) is 0 Å². The molecule has 0 aliphatic rings. The van der Waals surface area contributed by atoms with Gasteiger partial charge in [0.15, 0.2) is 0 Å². The maximum Gasteiger partial charge on any atom is 0.146 e. The lowest BCUT2D eigenvalue weighted by atomic mass is 10.8. The van der Waals surface area contributed by atoms with E-state index in [1.165, 1.54) is 0 Å². The fourth-order valence-corrected chi connectivity index (χ4v) is 0. The smallest absolute Gasteiger partial charge is 0.146 e. The number of thiol groups is 1. The maximum absolute atomic E-state index is 9.30. The van der Waals surface area contributed by atoms with Gasteiger partial charge in [0.05, 0.1) is 0 Å². The Morgan fingerprint density at radius 3 is 2.20 bits per heavy atom. The van der Waals surface area contributed by atoms with Crippen molar-refractivity contribution in [1.82, 2.24) is 0 Å². The predicted octanol–water partition coefficient (Wildman–Crippen LogP) is -0.600. The molecule has 2 nitrogen and oxygen atoms in total. The molecule has 0 spiro atoms. The van der Waals surface area contributed by atoms with Crippen molar-refractivity contribution in [1.29, 1.82) is 0 Å². The van der Waals surface area contributed by atoms with Crippen LogP contribution in [0.3, 0.4) is 0 Å². The molecule has 0 rings (SSSR count). The van der Waals surface area contributed by atoms with Gasteiger partial charge in [0.1, 0.15) is 11.7 Å². The van der Waals surface area contributed by atoms with Crippen molar-refractivity contribution in [2.75, 3.05) is 0 Å². The molecule has 0 radical (unpaired) electrons.